The lowest BCUT2D eigenvalue weighted by Gasteiger charge is -2.32. The molecule has 1 aromatic heterocycles. The first-order valence-corrected chi connectivity index (χ1v) is 5.61. The average Bonchev–Trinajstić information content (AvgIpc) is 2.64. The summed E-state index contributed by atoms with van der Waals surface area (Å²) in [4.78, 5) is 4.24. The smallest absolute Gasteiger partial charge is 0.105 e. The van der Waals surface area contributed by atoms with Gasteiger partial charge in [-0.1, -0.05) is 6.92 Å². The third-order valence-corrected chi connectivity index (χ3v) is 3.46. The minimum atomic E-state index is 0.161. The molecule has 3 unspecified atom stereocenters. The summed E-state index contributed by atoms with van der Waals surface area (Å²) in [6.07, 6.45) is 7.14. The Labute approximate surface area is 90.7 Å². The van der Waals surface area contributed by atoms with Crippen molar-refractivity contribution in [1.29, 1.82) is 5.26 Å². The summed E-state index contributed by atoms with van der Waals surface area (Å²) in [5.41, 5.74) is 0. The minimum Gasteiger partial charge on any atom is -0.331 e. The third kappa shape index (κ3) is 1.90. The molecule has 0 bridgehead atoms. The molecule has 1 aromatic rings. The van der Waals surface area contributed by atoms with Crippen molar-refractivity contribution < 1.29 is 0 Å². The fourth-order valence-corrected chi connectivity index (χ4v) is 2.55. The van der Waals surface area contributed by atoms with E-state index < -0.39 is 0 Å². The summed E-state index contributed by atoms with van der Waals surface area (Å²) in [6, 6.07) is 2.78. The highest BCUT2D eigenvalue weighted by Gasteiger charge is 2.30. The Bertz CT molecular complexity index is 374. The minimum absolute atomic E-state index is 0.161. The number of hydrogen-bond donors (Lipinski definition) is 0. The topological polar surface area (TPSA) is 41.6 Å². The maximum absolute atomic E-state index is 9.15. The highest BCUT2D eigenvalue weighted by molar-refractivity contribution is 5.01. The van der Waals surface area contributed by atoms with Crippen LogP contribution in [0.15, 0.2) is 12.4 Å². The molecule has 0 aromatic carbocycles. The van der Waals surface area contributed by atoms with Crippen LogP contribution in [0.25, 0.3) is 0 Å². The van der Waals surface area contributed by atoms with Gasteiger partial charge in [0.25, 0.3) is 0 Å². The van der Waals surface area contributed by atoms with Crippen LogP contribution in [0.2, 0.25) is 0 Å². The zero-order chi connectivity index (χ0) is 10.8. The Morgan fingerprint density at radius 3 is 2.93 bits per heavy atom. The molecule has 0 aliphatic heterocycles. The predicted molar refractivity (Wildman–Crippen MR) is 58.1 cm³/mol. The fraction of sp³-hybridized carbons (Fsp3) is 0.667. The van der Waals surface area contributed by atoms with E-state index in [1.54, 1.807) is 0 Å². The average molecular weight is 203 g/mol. The van der Waals surface area contributed by atoms with E-state index in [2.05, 4.69) is 22.5 Å². The lowest BCUT2D eigenvalue weighted by Crippen LogP contribution is -2.26. The second kappa shape index (κ2) is 4.06. The van der Waals surface area contributed by atoms with Crippen molar-refractivity contribution in [1.82, 2.24) is 9.55 Å². The lowest BCUT2D eigenvalue weighted by atomic mass is 9.79. The molecule has 0 spiro atoms. The summed E-state index contributed by atoms with van der Waals surface area (Å²) in [5, 5.41) is 9.15. The number of aryl methyl sites for hydroxylation is 1. The van der Waals surface area contributed by atoms with Crippen molar-refractivity contribution >= 4 is 0 Å². The molecule has 3 nitrogen and oxygen atoms in total. The number of imidazole rings is 1. The molecule has 80 valence electrons. The van der Waals surface area contributed by atoms with Crippen molar-refractivity contribution in [3.8, 4) is 6.07 Å². The molecule has 1 aliphatic carbocycles. The first kappa shape index (κ1) is 10.2. The van der Waals surface area contributed by atoms with Gasteiger partial charge in [-0.15, -0.1) is 0 Å². The van der Waals surface area contributed by atoms with Crippen LogP contribution in [-0.4, -0.2) is 9.55 Å². The Hall–Kier alpha value is -1.30. The highest BCUT2D eigenvalue weighted by atomic mass is 15.1. The van der Waals surface area contributed by atoms with Crippen LogP contribution in [0.3, 0.4) is 0 Å². The van der Waals surface area contributed by atoms with E-state index in [4.69, 9.17) is 5.26 Å². The van der Waals surface area contributed by atoms with Crippen LogP contribution in [-0.2, 0) is 0 Å². The van der Waals surface area contributed by atoms with Crippen LogP contribution >= 0.6 is 0 Å². The summed E-state index contributed by atoms with van der Waals surface area (Å²) >= 11 is 0. The standard InChI is InChI=1S/C12H17N3/c1-9-3-4-11(8-13)12(7-9)15-6-5-14-10(15)2/h5-6,9,11-12H,3-4,7H2,1-2H3. The molecule has 3 heteroatoms. The summed E-state index contributed by atoms with van der Waals surface area (Å²) in [7, 11) is 0. The SMILES string of the molecule is Cc1nccn1C1CC(C)CCC1C#N. The second-order valence-corrected chi connectivity index (χ2v) is 4.60. The van der Waals surface area contributed by atoms with Gasteiger partial charge in [0, 0.05) is 12.4 Å². The van der Waals surface area contributed by atoms with Crippen LogP contribution in [0.4, 0.5) is 0 Å². The molecular formula is C12H17N3. The first-order chi connectivity index (χ1) is 7.22. The maximum atomic E-state index is 9.15. The first-order valence-electron chi connectivity index (χ1n) is 5.61. The number of nitrogens with zero attached hydrogens (tertiary/aromatic N) is 3. The molecule has 0 radical (unpaired) electrons. The zero-order valence-corrected chi connectivity index (χ0v) is 9.35. The van der Waals surface area contributed by atoms with Gasteiger partial charge < -0.3 is 4.57 Å². The molecule has 2 rings (SSSR count). The molecule has 1 heterocycles. The molecule has 1 saturated carbocycles. The van der Waals surface area contributed by atoms with Gasteiger partial charge in [-0.2, -0.15) is 5.26 Å². The van der Waals surface area contributed by atoms with E-state index >= 15 is 0 Å². The number of nitriles is 1. The zero-order valence-electron chi connectivity index (χ0n) is 9.35. The van der Waals surface area contributed by atoms with Crippen molar-refractivity contribution in [3.05, 3.63) is 18.2 Å². The van der Waals surface area contributed by atoms with E-state index in [0.717, 1.165) is 24.6 Å². The van der Waals surface area contributed by atoms with E-state index in [0.29, 0.717) is 6.04 Å². The van der Waals surface area contributed by atoms with Gasteiger partial charge in [0.1, 0.15) is 5.82 Å². The van der Waals surface area contributed by atoms with Gasteiger partial charge in [-0.25, -0.2) is 4.98 Å². The quantitative estimate of drug-likeness (QED) is 0.704. The summed E-state index contributed by atoms with van der Waals surface area (Å²) in [5.74, 6) is 1.91. The van der Waals surface area contributed by atoms with Crippen molar-refractivity contribution in [2.75, 3.05) is 0 Å². The molecule has 0 saturated heterocycles. The van der Waals surface area contributed by atoms with Gasteiger partial charge in [0.05, 0.1) is 18.0 Å². The van der Waals surface area contributed by atoms with Gasteiger partial charge in [0.15, 0.2) is 0 Å². The molecular weight excluding hydrogens is 186 g/mol. The monoisotopic (exact) mass is 203 g/mol. The lowest BCUT2D eigenvalue weighted by molar-refractivity contribution is 0.230. The van der Waals surface area contributed by atoms with E-state index in [9.17, 15) is 0 Å². The Morgan fingerprint density at radius 2 is 2.33 bits per heavy atom. The normalized spacial score (nSPS) is 31.1. The van der Waals surface area contributed by atoms with Crippen LogP contribution in [0, 0.1) is 30.1 Å². The predicted octanol–water partition coefficient (Wildman–Crippen LogP) is 2.69. The molecule has 3 atom stereocenters. The molecule has 15 heavy (non-hydrogen) atoms. The molecule has 0 N–H and O–H groups in total. The van der Waals surface area contributed by atoms with Crippen LogP contribution in [0.1, 0.15) is 38.1 Å². The van der Waals surface area contributed by atoms with E-state index in [1.807, 2.05) is 19.3 Å². The second-order valence-electron chi connectivity index (χ2n) is 4.60. The molecule has 1 fully saturated rings. The van der Waals surface area contributed by atoms with Gasteiger partial charge in [0.2, 0.25) is 0 Å². The van der Waals surface area contributed by atoms with Crippen molar-refractivity contribution in [2.24, 2.45) is 11.8 Å². The number of hydrogen-bond acceptors (Lipinski definition) is 2. The molecule has 0 amide bonds. The van der Waals surface area contributed by atoms with Gasteiger partial charge in [-0.05, 0) is 32.1 Å². The maximum Gasteiger partial charge on any atom is 0.105 e. The Kier molecular flexibility index (Phi) is 2.77. The highest BCUT2D eigenvalue weighted by Crippen LogP contribution is 2.37. The van der Waals surface area contributed by atoms with Gasteiger partial charge >= 0.3 is 0 Å². The Morgan fingerprint density at radius 1 is 1.53 bits per heavy atom. The summed E-state index contributed by atoms with van der Waals surface area (Å²) in [6.45, 7) is 4.28. The number of rotatable bonds is 1. The van der Waals surface area contributed by atoms with Crippen LogP contribution < -0.4 is 0 Å². The third-order valence-electron chi connectivity index (χ3n) is 3.46. The summed E-state index contributed by atoms with van der Waals surface area (Å²) < 4.78 is 2.17. The van der Waals surface area contributed by atoms with E-state index in [-0.39, 0.29) is 5.92 Å². The van der Waals surface area contributed by atoms with E-state index in [1.165, 1.54) is 6.42 Å². The Balaban J connectivity index is 2.25. The molecule has 1 aliphatic rings. The largest absolute Gasteiger partial charge is 0.331 e. The fourth-order valence-electron chi connectivity index (χ4n) is 2.55. The van der Waals surface area contributed by atoms with Crippen LogP contribution in [0.5, 0.6) is 0 Å². The van der Waals surface area contributed by atoms with Crippen molar-refractivity contribution in [3.63, 3.8) is 0 Å². The number of aromatic nitrogens is 2. The van der Waals surface area contributed by atoms with Gasteiger partial charge in [-0.3, -0.25) is 0 Å². The van der Waals surface area contributed by atoms with Crippen molar-refractivity contribution in [2.45, 2.75) is 39.2 Å².